The zero-order valence-corrected chi connectivity index (χ0v) is 19.1. The minimum atomic E-state index is -4.24. The first-order valence-corrected chi connectivity index (χ1v) is 13.1. The third kappa shape index (κ3) is 11.7. The highest BCUT2D eigenvalue weighted by Crippen LogP contribution is 2.18. The molecule has 0 aromatic heterocycles. The Kier molecular flexibility index (Phi) is 14.2. The second kappa shape index (κ2) is 15.8. The van der Waals surface area contributed by atoms with Crippen molar-refractivity contribution in [3.63, 3.8) is 0 Å². The molecule has 170 valence electrons. The van der Waals surface area contributed by atoms with Gasteiger partial charge in [-0.05, 0) is 6.42 Å². The molecule has 1 saturated heterocycles. The number of unbranched alkanes of at least 4 members (excludes halogenated alkanes) is 15. The molecule has 0 saturated carbocycles. The largest absolute Gasteiger partial charge is 0.371 e. The standard InChI is InChI=1S/C22H41NO5S/c1-2-3-4-5-6-7-8-9-10-11-12-13-14-15-16-17-20-28-29(26,27)23-21(24)18-19-22(23)25/h2-20H2,1H3. The molecule has 0 N–H and O–H groups in total. The predicted molar refractivity (Wildman–Crippen MR) is 116 cm³/mol. The van der Waals surface area contributed by atoms with E-state index >= 15 is 0 Å². The van der Waals surface area contributed by atoms with E-state index in [2.05, 4.69) is 6.92 Å². The van der Waals surface area contributed by atoms with Crippen molar-refractivity contribution in [2.24, 2.45) is 0 Å². The van der Waals surface area contributed by atoms with Gasteiger partial charge in [-0.3, -0.25) is 13.8 Å². The first kappa shape index (κ1) is 26.1. The lowest BCUT2D eigenvalue weighted by molar-refractivity contribution is -0.132. The molecule has 7 heteroatoms. The third-order valence-corrected chi connectivity index (χ3v) is 6.78. The molecule has 0 radical (unpaired) electrons. The van der Waals surface area contributed by atoms with Crippen LogP contribution in [0.4, 0.5) is 0 Å². The van der Waals surface area contributed by atoms with Gasteiger partial charge in [-0.1, -0.05) is 103 Å². The summed E-state index contributed by atoms with van der Waals surface area (Å²) >= 11 is 0. The van der Waals surface area contributed by atoms with Gasteiger partial charge in [-0.15, -0.1) is 0 Å². The Hall–Kier alpha value is -0.950. The van der Waals surface area contributed by atoms with Crippen molar-refractivity contribution < 1.29 is 22.2 Å². The molecular weight excluding hydrogens is 390 g/mol. The molecule has 1 fully saturated rings. The molecule has 0 bridgehead atoms. The summed E-state index contributed by atoms with van der Waals surface area (Å²) < 4.78 is 28.9. The van der Waals surface area contributed by atoms with Crippen LogP contribution in [-0.4, -0.2) is 31.1 Å². The van der Waals surface area contributed by atoms with Crippen LogP contribution < -0.4 is 0 Å². The molecule has 0 atom stereocenters. The minimum Gasteiger partial charge on any atom is -0.273 e. The highest BCUT2D eigenvalue weighted by Gasteiger charge is 2.39. The van der Waals surface area contributed by atoms with Gasteiger partial charge in [0.05, 0.1) is 6.61 Å². The SMILES string of the molecule is CCCCCCCCCCCCCCCCCCOS(=O)(=O)N1C(=O)CCC1=O. The molecule has 0 aliphatic carbocycles. The quantitative estimate of drug-likeness (QED) is 0.195. The summed E-state index contributed by atoms with van der Waals surface area (Å²) in [6.07, 6.45) is 19.8. The van der Waals surface area contributed by atoms with E-state index in [0.717, 1.165) is 19.3 Å². The van der Waals surface area contributed by atoms with Gasteiger partial charge in [0.2, 0.25) is 11.8 Å². The van der Waals surface area contributed by atoms with Crippen molar-refractivity contribution in [1.29, 1.82) is 0 Å². The first-order chi connectivity index (χ1) is 14.0. The van der Waals surface area contributed by atoms with E-state index in [1.54, 1.807) is 0 Å². The lowest BCUT2D eigenvalue weighted by Gasteiger charge is -2.13. The van der Waals surface area contributed by atoms with E-state index in [1.165, 1.54) is 77.0 Å². The molecule has 0 aromatic carbocycles. The highest BCUT2D eigenvalue weighted by molar-refractivity contribution is 7.85. The number of carbonyl (C=O) groups is 2. The summed E-state index contributed by atoms with van der Waals surface area (Å²) in [7, 11) is -4.24. The fourth-order valence-electron chi connectivity index (χ4n) is 3.67. The number of nitrogens with zero attached hydrogens (tertiary/aromatic N) is 1. The van der Waals surface area contributed by atoms with E-state index in [0.29, 0.717) is 6.42 Å². The predicted octanol–water partition coefficient (Wildman–Crippen LogP) is 5.66. The molecule has 1 aliphatic heterocycles. The van der Waals surface area contributed by atoms with E-state index in [4.69, 9.17) is 4.18 Å². The molecule has 6 nitrogen and oxygen atoms in total. The molecular formula is C22H41NO5S. The van der Waals surface area contributed by atoms with Crippen LogP contribution in [-0.2, 0) is 24.1 Å². The van der Waals surface area contributed by atoms with Crippen LogP contribution in [0.5, 0.6) is 0 Å². The molecule has 29 heavy (non-hydrogen) atoms. The molecule has 0 spiro atoms. The van der Waals surface area contributed by atoms with Gasteiger partial charge in [0.1, 0.15) is 0 Å². The summed E-state index contributed by atoms with van der Waals surface area (Å²) in [6, 6.07) is 0. The van der Waals surface area contributed by atoms with Crippen LogP contribution in [0.3, 0.4) is 0 Å². The monoisotopic (exact) mass is 431 g/mol. The Morgan fingerprint density at radius 3 is 1.38 bits per heavy atom. The van der Waals surface area contributed by atoms with Gasteiger partial charge in [0.15, 0.2) is 0 Å². The first-order valence-electron chi connectivity index (χ1n) is 11.7. The number of carbonyl (C=O) groups excluding carboxylic acids is 2. The highest BCUT2D eigenvalue weighted by atomic mass is 32.2. The summed E-state index contributed by atoms with van der Waals surface area (Å²) in [5.41, 5.74) is 0. The minimum absolute atomic E-state index is 0.0256. The second-order valence-corrected chi connectivity index (χ2v) is 9.59. The topological polar surface area (TPSA) is 80.8 Å². The van der Waals surface area contributed by atoms with E-state index in [-0.39, 0.29) is 23.8 Å². The van der Waals surface area contributed by atoms with Gasteiger partial charge in [-0.25, -0.2) is 0 Å². The van der Waals surface area contributed by atoms with Gasteiger partial charge in [0.25, 0.3) is 0 Å². The van der Waals surface area contributed by atoms with Crippen molar-refractivity contribution in [2.45, 2.75) is 122 Å². The van der Waals surface area contributed by atoms with Gasteiger partial charge < -0.3 is 0 Å². The number of amides is 2. The van der Waals surface area contributed by atoms with E-state index in [1.807, 2.05) is 0 Å². The van der Waals surface area contributed by atoms with Crippen molar-refractivity contribution >= 4 is 22.1 Å². The van der Waals surface area contributed by atoms with Crippen LogP contribution in [0, 0.1) is 0 Å². The van der Waals surface area contributed by atoms with Gasteiger partial charge in [0, 0.05) is 12.8 Å². The van der Waals surface area contributed by atoms with Crippen molar-refractivity contribution in [2.75, 3.05) is 6.61 Å². The van der Waals surface area contributed by atoms with Gasteiger partial charge >= 0.3 is 10.3 Å². The molecule has 2 amide bonds. The Morgan fingerprint density at radius 2 is 1.00 bits per heavy atom. The summed E-state index contributed by atoms with van der Waals surface area (Å²) in [6.45, 7) is 2.28. The van der Waals surface area contributed by atoms with E-state index in [9.17, 15) is 18.0 Å². The van der Waals surface area contributed by atoms with Crippen LogP contribution in [0.1, 0.15) is 122 Å². The molecule has 1 rings (SSSR count). The smallest absolute Gasteiger partial charge is 0.273 e. The number of hydrogen-bond donors (Lipinski definition) is 0. The molecule has 1 aliphatic rings. The summed E-state index contributed by atoms with van der Waals surface area (Å²) in [5, 5.41) is 0. The fourth-order valence-corrected chi connectivity index (χ4v) is 4.79. The third-order valence-electron chi connectivity index (χ3n) is 5.46. The average Bonchev–Trinajstić information content (AvgIpc) is 3.03. The molecule has 0 unspecified atom stereocenters. The lowest BCUT2D eigenvalue weighted by Crippen LogP contribution is -2.36. The number of imide groups is 1. The Morgan fingerprint density at radius 1 is 0.655 bits per heavy atom. The normalized spacial score (nSPS) is 14.9. The summed E-state index contributed by atoms with van der Waals surface area (Å²) in [5.74, 6) is -1.39. The number of rotatable bonds is 19. The Balaban J connectivity index is 1.86. The second-order valence-electron chi connectivity index (χ2n) is 8.13. The van der Waals surface area contributed by atoms with Crippen molar-refractivity contribution in [3.8, 4) is 0 Å². The Bertz CT molecular complexity index is 546. The maximum Gasteiger partial charge on any atom is 0.371 e. The maximum absolute atomic E-state index is 11.9. The summed E-state index contributed by atoms with van der Waals surface area (Å²) in [4.78, 5) is 22.9. The zero-order chi connectivity index (χ0) is 21.4. The van der Waals surface area contributed by atoms with Crippen LogP contribution in [0.25, 0.3) is 0 Å². The fraction of sp³-hybridized carbons (Fsp3) is 0.909. The molecule has 0 aromatic rings. The average molecular weight is 432 g/mol. The van der Waals surface area contributed by atoms with Crippen LogP contribution in [0.15, 0.2) is 0 Å². The van der Waals surface area contributed by atoms with Crippen molar-refractivity contribution in [3.05, 3.63) is 0 Å². The molecule has 1 heterocycles. The van der Waals surface area contributed by atoms with Crippen LogP contribution in [0.2, 0.25) is 0 Å². The lowest BCUT2D eigenvalue weighted by atomic mass is 10.0. The zero-order valence-electron chi connectivity index (χ0n) is 18.3. The Labute approximate surface area is 178 Å². The maximum atomic E-state index is 11.9. The van der Waals surface area contributed by atoms with E-state index < -0.39 is 22.1 Å². The number of hydrogen-bond acceptors (Lipinski definition) is 5. The van der Waals surface area contributed by atoms with Crippen LogP contribution >= 0.6 is 0 Å². The van der Waals surface area contributed by atoms with Crippen molar-refractivity contribution in [1.82, 2.24) is 4.31 Å². The van der Waals surface area contributed by atoms with Gasteiger partial charge in [-0.2, -0.15) is 12.7 Å².